The maximum atomic E-state index is 12.4. The Morgan fingerprint density at radius 2 is 2.08 bits per heavy atom. The highest BCUT2D eigenvalue weighted by molar-refractivity contribution is 7.18. The average molecular weight is 345 g/mol. The molecule has 2 saturated heterocycles. The first-order valence-electron chi connectivity index (χ1n) is 8.72. The minimum Gasteiger partial charge on any atom is -0.368 e. The maximum absolute atomic E-state index is 12.4. The van der Waals surface area contributed by atoms with E-state index in [1.54, 1.807) is 11.3 Å². The summed E-state index contributed by atoms with van der Waals surface area (Å²) in [5.41, 5.74) is 1.08. The number of hydrogen-bond donors (Lipinski definition) is 0. The number of piperazine rings is 1. The monoisotopic (exact) mass is 345 g/mol. The van der Waals surface area contributed by atoms with Crippen molar-refractivity contribution in [2.45, 2.75) is 31.9 Å². The average Bonchev–Trinajstić information content (AvgIpc) is 3.30. The number of ether oxygens (including phenoxy) is 1. The van der Waals surface area contributed by atoms with Gasteiger partial charge in [-0.1, -0.05) is 12.1 Å². The van der Waals surface area contributed by atoms with Gasteiger partial charge in [-0.05, 0) is 31.9 Å². The Labute approximate surface area is 146 Å². The molecule has 6 heteroatoms. The summed E-state index contributed by atoms with van der Waals surface area (Å²) in [5, 5.41) is 1.16. The van der Waals surface area contributed by atoms with Crippen molar-refractivity contribution in [3.63, 3.8) is 0 Å². The Morgan fingerprint density at radius 1 is 1.29 bits per heavy atom. The quantitative estimate of drug-likeness (QED) is 0.858. The lowest BCUT2D eigenvalue weighted by Crippen LogP contribution is -2.51. The van der Waals surface area contributed by atoms with Crippen molar-refractivity contribution < 1.29 is 9.53 Å². The number of aromatic nitrogens is 1. The highest BCUT2D eigenvalue weighted by atomic mass is 32.1. The molecule has 2 aromatic rings. The molecule has 1 aromatic heterocycles. The number of benzene rings is 1. The van der Waals surface area contributed by atoms with Crippen LogP contribution in [0.25, 0.3) is 10.2 Å². The molecule has 4 rings (SSSR count). The van der Waals surface area contributed by atoms with Crippen molar-refractivity contribution in [3.8, 4) is 0 Å². The van der Waals surface area contributed by atoms with Crippen LogP contribution in [0.3, 0.4) is 0 Å². The highest BCUT2D eigenvalue weighted by Crippen LogP contribution is 2.30. The molecule has 1 aromatic carbocycles. The summed E-state index contributed by atoms with van der Waals surface area (Å²) >= 11 is 1.77. The van der Waals surface area contributed by atoms with Crippen molar-refractivity contribution in [1.82, 2.24) is 14.8 Å². The topological polar surface area (TPSA) is 45.7 Å². The minimum absolute atomic E-state index is 0.180. The third kappa shape index (κ3) is 3.06. The molecular weight excluding hydrogens is 322 g/mol. The molecular formula is C18H23N3O2S. The number of rotatable bonds is 3. The van der Waals surface area contributed by atoms with E-state index in [2.05, 4.69) is 30.0 Å². The molecule has 0 saturated carbocycles. The van der Waals surface area contributed by atoms with Crippen molar-refractivity contribution >= 4 is 27.5 Å². The van der Waals surface area contributed by atoms with E-state index in [1.807, 2.05) is 11.0 Å². The van der Waals surface area contributed by atoms with Gasteiger partial charge in [-0.3, -0.25) is 9.69 Å². The zero-order chi connectivity index (χ0) is 16.5. The molecule has 2 aliphatic heterocycles. The van der Waals surface area contributed by atoms with Gasteiger partial charge in [0, 0.05) is 32.8 Å². The fourth-order valence-corrected chi connectivity index (χ4v) is 4.58. The lowest BCUT2D eigenvalue weighted by molar-refractivity contribution is -0.143. The van der Waals surface area contributed by atoms with Gasteiger partial charge in [0.25, 0.3) is 5.91 Å². The molecule has 2 atom stereocenters. The van der Waals surface area contributed by atoms with E-state index in [9.17, 15) is 4.79 Å². The molecule has 0 radical (unpaired) electrons. The number of fused-ring (bicyclic) bond motifs is 1. The van der Waals surface area contributed by atoms with Gasteiger partial charge in [0.15, 0.2) is 0 Å². The van der Waals surface area contributed by atoms with Crippen LogP contribution in [-0.4, -0.2) is 59.6 Å². The fraction of sp³-hybridized carbons (Fsp3) is 0.556. The predicted molar refractivity (Wildman–Crippen MR) is 95.2 cm³/mol. The lowest BCUT2D eigenvalue weighted by atomic mass is 10.2. The summed E-state index contributed by atoms with van der Waals surface area (Å²) in [6.45, 7) is 6.31. The summed E-state index contributed by atoms with van der Waals surface area (Å²) in [7, 11) is 0. The summed E-state index contributed by atoms with van der Waals surface area (Å²) in [6, 6.07) is 8.58. The summed E-state index contributed by atoms with van der Waals surface area (Å²) in [5.74, 6) is 0.180. The van der Waals surface area contributed by atoms with E-state index in [1.165, 1.54) is 4.70 Å². The van der Waals surface area contributed by atoms with E-state index in [0.717, 1.165) is 56.2 Å². The van der Waals surface area contributed by atoms with Crippen molar-refractivity contribution in [2.24, 2.45) is 0 Å². The molecule has 5 nitrogen and oxygen atoms in total. The Morgan fingerprint density at radius 3 is 2.79 bits per heavy atom. The van der Waals surface area contributed by atoms with E-state index in [4.69, 9.17) is 9.72 Å². The van der Waals surface area contributed by atoms with Gasteiger partial charge in [0.1, 0.15) is 11.1 Å². The van der Waals surface area contributed by atoms with Gasteiger partial charge in [0.2, 0.25) is 0 Å². The van der Waals surface area contributed by atoms with Crippen LogP contribution in [0.5, 0.6) is 0 Å². The van der Waals surface area contributed by atoms with Crippen LogP contribution in [-0.2, 0) is 9.53 Å². The predicted octanol–water partition coefficient (Wildman–Crippen LogP) is 2.68. The molecule has 3 heterocycles. The Hall–Kier alpha value is -1.50. The number of nitrogens with zero attached hydrogens (tertiary/aromatic N) is 3. The summed E-state index contributed by atoms with van der Waals surface area (Å²) in [4.78, 5) is 21.6. The lowest BCUT2D eigenvalue weighted by Gasteiger charge is -2.38. The second-order valence-corrected chi connectivity index (χ2v) is 7.62. The third-order valence-corrected chi connectivity index (χ3v) is 6.25. The Kier molecular flexibility index (Phi) is 4.52. The molecule has 128 valence electrons. The number of amides is 1. The Bertz CT molecular complexity index is 685. The van der Waals surface area contributed by atoms with Gasteiger partial charge in [-0.15, -0.1) is 11.3 Å². The SMILES string of the molecule is CC(c1nc2ccccc2s1)N1CCN(C(=O)C2CCCO2)CC1. The maximum Gasteiger partial charge on any atom is 0.251 e. The van der Waals surface area contributed by atoms with Gasteiger partial charge < -0.3 is 9.64 Å². The number of carbonyl (C=O) groups excluding carboxylic acids is 1. The standard InChI is InChI=1S/C18H23N3O2S/c1-13(17-19-14-5-2-3-7-16(14)24-17)20-8-10-21(11-9-20)18(22)15-6-4-12-23-15/h2-3,5,7,13,15H,4,6,8-12H2,1H3. The highest BCUT2D eigenvalue weighted by Gasteiger charge is 2.31. The van der Waals surface area contributed by atoms with Crippen molar-refractivity contribution in [3.05, 3.63) is 29.3 Å². The van der Waals surface area contributed by atoms with Crippen LogP contribution < -0.4 is 0 Å². The van der Waals surface area contributed by atoms with E-state index in [0.29, 0.717) is 6.04 Å². The molecule has 0 bridgehead atoms. The first-order chi connectivity index (χ1) is 11.7. The molecule has 0 spiro atoms. The second-order valence-electron chi connectivity index (χ2n) is 6.56. The van der Waals surface area contributed by atoms with Crippen LogP contribution in [0.1, 0.15) is 30.8 Å². The molecule has 2 aliphatic rings. The molecule has 0 N–H and O–H groups in total. The first-order valence-corrected chi connectivity index (χ1v) is 9.54. The summed E-state index contributed by atoms with van der Waals surface area (Å²) in [6.07, 6.45) is 1.69. The van der Waals surface area contributed by atoms with Crippen LogP contribution in [0.2, 0.25) is 0 Å². The number of para-hydroxylation sites is 1. The van der Waals surface area contributed by atoms with Crippen LogP contribution in [0.4, 0.5) is 0 Å². The minimum atomic E-state index is -0.196. The van der Waals surface area contributed by atoms with Crippen LogP contribution in [0.15, 0.2) is 24.3 Å². The zero-order valence-corrected chi connectivity index (χ0v) is 14.8. The summed E-state index contributed by atoms with van der Waals surface area (Å²) < 4.78 is 6.77. The first kappa shape index (κ1) is 16.0. The molecule has 2 fully saturated rings. The largest absolute Gasteiger partial charge is 0.368 e. The van der Waals surface area contributed by atoms with E-state index in [-0.39, 0.29) is 12.0 Å². The Balaban J connectivity index is 1.38. The smallest absolute Gasteiger partial charge is 0.251 e. The fourth-order valence-electron chi connectivity index (χ4n) is 3.53. The molecule has 24 heavy (non-hydrogen) atoms. The van der Waals surface area contributed by atoms with E-state index < -0.39 is 0 Å². The number of thiazole rings is 1. The zero-order valence-electron chi connectivity index (χ0n) is 14.0. The van der Waals surface area contributed by atoms with Crippen LogP contribution >= 0.6 is 11.3 Å². The molecule has 0 aliphatic carbocycles. The number of hydrogen-bond acceptors (Lipinski definition) is 5. The van der Waals surface area contributed by atoms with Gasteiger partial charge in [-0.25, -0.2) is 4.98 Å². The normalized spacial score (nSPS) is 23.7. The van der Waals surface area contributed by atoms with Gasteiger partial charge >= 0.3 is 0 Å². The van der Waals surface area contributed by atoms with Crippen molar-refractivity contribution in [2.75, 3.05) is 32.8 Å². The second kappa shape index (κ2) is 6.78. The molecule has 1 amide bonds. The number of carbonyl (C=O) groups is 1. The van der Waals surface area contributed by atoms with Crippen LogP contribution in [0, 0.1) is 0 Å². The van der Waals surface area contributed by atoms with E-state index >= 15 is 0 Å². The van der Waals surface area contributed by atoms with Crippen molar-refractivity contribution in [1.29, 1.82) is 0 Å². The molecule has 2 unspecified atom stereocenters. The third-order valence-electron chi connectivity index (χ3n) is 5.05. The van der Waals surface area contributed by atoms with Gasteiger partial charge in [-0.2, -0.15) is 0 Å². The van der Waals surface area contributed by atoms with Gasteiger partial charge in [0.05, 0.1) is 16.3 Å².